The average molecular weight is 374 g/mol. The zero-order chi connectivity index (χ0) is 19.7. The number of carbonyl (C=O) groups is 4. The summed E-state index contributed by atoms with van der Waals surface area (Å²) >= 11 is 0. The van der Waals surface area contributed by atoms with Gasteiger partial charge in [0.25, 0.3) is 0 Å². The number of nitrogens with one attached hydrogen (secondary N) is 1. The van der Waals surface area contributed by atoms with Gasteiger partial charge in [-0.2, -0.15) is 0 Å². The first kappa shape index (κ1) is 18.6. The predicted octanol–water partition coefficient (Wildman–Crippen LogP) is -0.482. The molecule has 1 fully saturated rings. The van der Waals surface area contributed by atoms with Gasteiger partial charge in [0.15, 0.2) is 0 Å². The average Bonchev–Trinajstić information content (AvgIpc) is 3.27. The standard InChI is InChI=1S/C18H17NO8/c1-25-17(23)8-5-9(18(24)26-2)7-10(6-8)19-15(20)13-11-3-4-12(27-11)14(13)16(21)22/h3-7,11-14H,1-2H3,(H,19,20)(H,21,22)/p-1/t11-,12+,13+,14-/m0/s1. The van der Waals surface area contributed by atoms with Gasteiger partial charge in [-0.25, -0.2) is 9.59 Å². The highest BCUT2D eigenvalue weighted by Gasteiger charge is 2.50. The first-order chi connectivity index (χ1) is 12.8. The van der Waals surface area contributed by atoms with E-state index in [9.17, 15) is 24.3 Å². The summed E-state index contributed by atoms with van der Waals surface area (Å²) in [6.45, 7) is 0. The number of aliphatic carboxylic acids is 1. The lowest BCUT2D eigenvalue weighted by molar-refractivity contribution is -0.313. The van der Waals surface area contributed by atoms with Gasteiger partial charge >= 0.3 is 11.9 Å². The molecule has 2 aliphatic heterocycles. The molecule has 9 nitrogen and oxygen atoms in total. The van der Waals surface area contributed by atoms with Crippen molar-refractivity contribution in [2.75, 3.05) is 19.5 Å². The number of benzene rings is 1. The fourth-order valence-corrected chi connectivity index (χ4v) is 3.30. The van der Waals surface area contributed by atoms with Gasteiger partial charge in [0.1, 0.15) is 0 Å². The fourth-order valence-electron chi connectivity index (χ4n) is 3.30. The maximum Gasteiger partial charge on any atom is 0.337 e. The molecule has 4 atom stereocenters. The lowest BCUT2D eigenvalue weighted by Crippen LogP contribution is -2.45. The van der Waals surface area contributed by atoms with Crippen LogP contribution in [0.1, 0.15) is 20.7 Å². The van der Waals surface area contributed by atoms with E-state index >= 15 is 0 Å². The molecule has 2 aliphatic rings. The number of ether oxygens (including phenoxy) is 3. The molecule has 142 valence electrons. The number of methoxy groups -OCH3 is 2. The van der Waals surface area contributed by atoms with Crippen molar-refractivity contribution in [3.63, 3.8) is 0 Å². The van der Waals surface area contributed by atoms with E-state index in [-0.39, 0.29) is 16.8 Å². The zero-order valence-electron chi connectivity index (χ0n) is 14.5. The van der Waals surface area contributed by atoms with Crippen molar-refractivity contribution >= 4 is 29.5 Å². The smallest absolute Gasteiger partial charge is 0.337 e. The lowest BCUT2D eigenvalue weighted by Gasteiger charge is -2.25. The van der Waals surface area contributed by atoms with Gasteiger partial charge in [-0.05, 0) is 18.2 Å². The lowest BCUT2D eigenvalue weighted by atomic mass is 9.82. The second kappa shape index (κ2) is 7.20. The van der Waals surface area contributed by atoms with E-state index in [1.54, 1.807) is 12.2 Å². The molecule has 0 aliphatic carbocycles. The Morgan fingerprint density at radius 3 is 1.93 bits per heavy atom. The monoisotopic (exact) mass is 374 g/mol. The van der Waals surface area contributed by atoms with Crippen LogP contribution in [-0.2, 0) is 23.8 Å². The molecule has 3 rings (SSSR count). The fraction of sp³-hybridized carbons (Fsp3) is 0.333. The third-order valence-corrected chi connectivity index (χ3v) is 4.52. The zero-order valence-corrected chi connectivity index (χ0v) is 14.5. The van der Waals surface area contributed by atoms with E-state index in [0.717, 1.165) is 0 Å². The number of anilines is 1. The first-order valence-electron chi connectivity index (χ1n) is 8.03. The van der Waals surface area contributed by atoms with Gasteiger partial charge in [-0.15, -0.1) is 0 Å². The van der Waals surface area contributed by atoms with E-state index in [2.05, 4.69) is 14.8 Å². The van der Waals surface area contributed by atoms with Gasteiger partial charge in [0.05, 0.1) is 43.5 Å². The van der Waals surface area contributed by atoms with Crippen molar-refractivity contribution in [3.05, 3.63) is 41.5 Å². The van der Waals surface area contributed by atoms with Gasteiger partial charge in [-0.1, -0.05) is 12.2 Å². The Bertz CT molecular complexity index is 812. The molecule has 1 N–H and O–H groups in total. The Morgan fingerprint density at radius 2 is 1.44 bits per heavy atom. The van der Waals surface area contributed by atoms with Crippen molar-refractivity contribution in [3.8, 4) is 0 Å². The van der Waals surface area contributed by atoms with Crippen LogP contribution < -0.4 is 10.4 Å². The van der Waals surface area contributed by atoms with E-state index in [1.165, 1.54) is 32.4 Å². The van der Waals surface area contributed by atoms with Crippen molar-refractivity contribution < 1.29 is 38.5 Å². The molecule has 0 saturated carbocycles. The second-order valence-corrected chi connectivity index (χ2v) is 6.09. The third kappa shape index (κ3) is 3.41. The number of esters is 2. The highest BCUT2D eigenvalue weighted by atomic mass is 16.5. The normalized spacial score (nSPS) is 25.1. The SMILES string of the molecule is COC(=O)c1cc(NC(=O)[C@H]2[C@@H](C(=O)[O-])[C@H]3C=C[C@@H]2O3)cc(C(=O)OC)c1. The summed E-state index contributed by atoms with van der Waals surface area (Å²) in [6, 6.07) is 3.89. The maximum atomic E-state index is 12.7. The Balaban J connectivity index is 1.89. The predicted molar refractivity (Wildman–Crippen MR) is 87.5 cm³/mol. The molecular weight excluding hydrogens is 358 g/mol. The molecule has 1 aromatic carbocycles. The highest BCUT2D eigenvalue weighted by molar-refractivity contribution is 6.01. The van der Waals surface area contributed by atoms with Gasteiger partial charge in [0, 0.05) is 17.6 Å². The Kier molecular flexibility index (Phi) is 4.95. The van der Waals surface area contributed by atoms with Crippen LogP contribution >= 0.6 is 0 Å². The topological polar surface area (TPSA) is 131 Å². The molecule has 0 spiro atoms. The number of rotatable bonds is 5. The quantitative estimate of drug-likeness (QED) is 0.540. The second-order valence-electron chi connectivity index (χ2n) is 6.09. The van der Waals surface area contributed by atoms with Gasteiger partial charge in [0.2, 0.25) is 5.91 Å². The number of carbonyl (C=O) groups excluding carboxylic acids is 4. The van der Waals surface area contributed by atoms with Crippen LogP contribution in [0.4, 0.5) is 5.69 Å². The highest BCUT2D eigenvalue weighted by Crippen LogP contribution is 2.39. The van der Waals surface area contributed by atoms with Crippen molar-refractivity contribution in [2.45, 2.75) is 12.2 Å². The van der Waals surface area contributed by atoms with Crippen LogP contribution in [0.2, 0.25) is 0 Å². The number of fused-ring (bicyclic) bond motifs is 2. The first-order valence-corrected chi connectivity index (χ1v) is 8.03. The number of hydrogen-bond donors (Lipinski definition) is 1. The van der Waals surface area contributed by atoms with E-state index in [4.69, 9.17) is 4.74 Å². The summed E-state index contributed by atoms with van der Waals surface area (Å²) in [5.41, 5.74) is 0.166. The molecule has 0 aromatic heterocycles. The van der Waals surface area contributed by atoms with Crippen LogP contribution in [0.15, 0.2) is 30.4 Å². The summed E-state index contributed by atoms with van der Waals surface area (Å²) < 4.78 is 14.7. The Labute approximate surface area is 153 Å². The van der Waals surface area contributed by atoms with Crippen LogP contribution in [0.25, 0.3) is 0 Å². The van der Waals surface area contributed by atoms with E-state index in [0.29, 0.717) is 0 Å². The number of amides is 1. The molecule has 2 bridgehead atoms. The van der Waals surface area contributed by atoms with Crippen LogP contribution in [0.5, 0.6) is 0 Å². The minimum absolute atomic E-state index is 0.0243. The molecule has 27 heavy (non-hydrogen) atoms. The summed E-state index contributed by atoms with van der Waals surface area (Å²) in [5, 5.41) is 13.9. The largest absolute Gasteiger partial charge is 0.550 e. The number of carboxylic acid groups (broad SMARTS) is 1. The molecule has 1 saturated heterocycles. The van der Waals surface area contributed by atoms with Crippen molar-refractivity contribution in [1.82, 2.24) is 0 Å². The van der Waals surface area contributed by atoms with Crippen molar-refractivity contribution in [1.29, 1.82) is 0 Å². The molecule has 2 heterocycles. The Hall–Kier alpha value is -3.20. The minimum atomic E-state index is -1.38. The summed E-state index contributed by atoms with van der Waals surface area (Å²) in [7, 11) is 2.35. The van der Waals surface area contributed by atoms with Gasteiger partial charge in [-0.3, -0.25) is 4.79 Å². The van der Waals surface area contributed by atoms with E-state index < -0.39 is 47.9 Å². The third-order valence-electron chi connectivity index (χ3n) is 4.52. The molecular formula is C18H16NO8-. The summed E-state index contributed by atoms with van der Waals surface area (Å²) in [5.74, 6) is -5.55. The Morgan fingerprint density at radius 1 is 0.926 bits per heavy atom. The molecule has 0 unspecified atom stereocenters. The summed E-state index contributed by atoms with van der Waals surface area (Å²) in [6.07, 6.45) is 1.81. The maximum absolute atomic E-state index is 12.7. The van der Waals surface area contributed by atoms with Crippen LogP contribution in [-0.4, -0.2) is 50.2 Å². The molecule has 1 amide bonds. The number of carboxylic acids is 1. The summed E-state index contributed by atoms with van der Waals surface area (Å²) in [4.78, 5) is 47.7. The minimum Gasteiger partial charge on any atom is -0.550 e. The van der Waals surface area contributed by atoms with Crippen molar-refractivity contribution in [2.24, 2.45) is 11.8 Å². The van der Waals surface area contributed by atoms with E-state index in [1.807, 2.05) is 0 Å². The van der Waals surface area contributed by atoms with Crippen LogP contribution in [0.3, 0.4) is 0 Å². The van der Waals surface area contributed by atoms with Gasteiger partial charge < -0.3 is 29.4 Å². The number of hydrogen-bond acceptors (Lipinski definition) is 8. The molecule has 0 radical (unpaired) electrons. The molecule has 1 aromatic rings. The van der Waals surface area contributed by atoms with Crippen LogP contribution in [0, 0.1) is 11.8 Å². The molecule has 9 heteroatoms.